The van der Waals surface area contributed by atoms with E-state index in [-0.39, 0.29) is 5.56 Å². The van der Waals surface area contributed by atoms with Crippen molar-refractivity contribution in [3.63, 3.8) is 0 Å². The molecule has 2 heterocycles. The van der Waals surface area contributed by atoms with Crippen LogP contribution < -0.4 is 20.5 Å². The predicted molar refractivity (Wildman–Crippen MR) is 157 cm³/mol. The molecule has 0 fully saturated rings. The average molecular weight is 610 g/mol. The number of rotatable bonds is 8. The lowest BCUT2D eigenvalue weighted by molar-refractivity contribution is -0.123. The molecule has 1 aliphatic rings. The van der Waals surface area contributed by atoms with E-state index in [9.17, 15) is 9.59 Å². The number of hydrogen-bond acceptors (Lipinski definition) is 7. The van der Waals surface area contributed by atoms with Crippen molar-refractivity contribution < 1.29 is 14.3 Å². The van der Waals surface area contributed by atoms with Gasteiger partial charge in [0.05, 0.1) is 29.5 Å². The minimum Gasteiger partial charge on any atom is -0.493 e. The molecule has 202 valence electrons. The molecule has 0 bridgehead atoms. The number of hydrogen-bond donors (Lipinski definition) is 1. The highest BCUT2D eigenvalue weighted by Gasteiger charge is 2.25. The van der Waals surface area contributed by atoms with Gasteiger partial charge in [-0.25, -0.2) is 10.4 Å². The number of fused-ring (bicyclic) bond motifs is 3. The number of methoxy groups -OCH3 is 1. The van der Waals surface area contributed by atoms with Crippen LogP contribution >= 0.6 is 27.3 Å². The van der Waals surface area contributed by atoms with Crippen LogP contribution in [-0.2, 0) is 24.2 Å². The van der Waals surface area contributed by atoms with Gasteiger partial charge in [-0.15, -0.1) is 11.3 Å². The van der Waals surface area contributed by atoms with Gasteiger partial charge in [0, 0.05) is 4.88 Å². The molecule has 2 atom stereocenters. The Kier molecular flexibility index (Phi) is 8.13. The van der Waals surface area contributed by atoms with E-state index in [1.165, 1.54) is 22.0 Å². The second kappa shape index (κ2) is 11.7. The van der Waals surface area contributed by atoms with E-state index in [4.69, 9.17) is 9.47 Å². The molecule has 2 unspecified atom stereocenters. The smallest absolute Gasteiger partial charge is 0.263 e. The lowest BCUT2D eigenvalue weighted by Crippen LogP contribution is -2.34. The third-order valence-electron chi connectivity index (χ3n) is 6.90. The van der Waals surface area contributed by atoms with Gasteiger partial charge in [-0.2, -0.15) is 5.10 Å². The van der Waals surface area contributed by atoms with Crippen LogP contribution in [0.3, 0.4) is 0 Å². The first kappa shape index (κ1) is 27.1. The summed E-state index contributed by atoms with van der Waals surface area (Å²) in [7, 11) is 1.56. The molecule has 2 aromatic carbocycles. The molecule has 8 nitrogen and oxygen atoms in total. The van der Waals surface area contributed by atoms with Gasteiger partial charge in [0.1, 0.15) is 17.5 Å². The third-order valence-corrected chi connectivity index (χ3v) is 8.66. The number of nitrogens with zero attached hydrogens (tertiary/aromatic N) is 3. The maximum atomic E-state index is 13.3. The fourth-order valence-electron chi connectivity index (χ4n) is 4.69. The van der Waals surface area contributed by atoms with Crippen molar-refractivity contribution in [3.05, 3.63) is 85.2 Å². The largest absolute Gasteiger partial charge is 0.493 e. The van der Waals surface area contributed by atoms with E-state index in [0.29, 0.717) is 39.4 Å². The lowest BCUT2D eigenvalue weighted by Gasteiger charge is -2.18. The summed E-state index contributed by atoms with van der Waals surface area (Å²) in [6, 6.07) is 12.7. The first-order valence-electron chi connectivity index (χ1n) is 12.7. The van der Waals surface area contributed by atoms with Crippen molar-refractivity contribution in [2.75, 3.05) is 7.11 Å². The topological polar surface area (TPSA) is 94.8 Å². The SMILES string of the molecule is COc1cc(/C=N/NC(=O)C(C)n2cnc3sc4c(c3c2=O)CCC(C)C4)cc(Br)c1OCc1ccccc1. The molecule has 10 heteroatoms. The highest BCUT2D eigenvalue weighted by atomic mass is 79.9. The van der Waals surface area contributed by atoms with Gasteiger partial charge in [-0.05, 0) is 76.9 Å². The number of ether oxygens (including phenoxy) is 2. The predicted octanol–water partition coefficient (Wildman–Crippen LogP) is 5.64. The molecule has 0 radical (unpaired) electrons. The molecule has 0 saturated carbocycles. The number of hydrazone groups is 1. The quantitative estimate of drug-likeness (QED) is 0.206. The Morgan fingerprint density at radius 1 is 1.33 bits per heavy atom. The van der Waals surface area contributed by atoms with Crippen LogP contribution in [0.1, 0.15) is 47.9 Å². The monoisotopic (exact) mass is 608 g/mol. The van der Waals surface area contributed by atoms with Gasteiger partial charge in [0.25, 0.3) is 11.5 Å². The van der Waals surface area contributed by atoms with Crippen molar-refractivity contribution in [2.45, 2.75) is 45.8 Å². The minimum atomic E-state index is -0.778. The molecular formula is C29H29BrN4O4S. The summed E-state index contributed by atoms with van der Waals surface area (Å²) >= 11 is 5.14. The Morgan fingerprint density at radius 3 is 2.90 bits per heavy atom. The molecule has 1 amide bonds. The third kappa shape index (κ3) is 5.77. The van der Waals surface area contributed by atoms with Crippen molar-refractivity contribution in [3.8, 4) is 11.5 Å². The van der Waals surface area contributed by atoms with Crippen LogP contribution in [0, 0.1) is 5.92 Å². The van der Waals surface area contributed by atoms with Gasteiger partial charge in [0.2, 0.25) is 0 Å². The van der Waals surface area contributed by atoms with Crippen molar-refractivity contribution >= 4 is 49.6 Å². The zero-order valence-electron chi connectivity index (χ0n) is 21.9. The number of benzene rings is 2. The maximum absolute atomic E-state index is 13.3. The van der Waals surface area contributed by atoms with Gasteiger partial charge >= 0.3 is 0 Å². The Morgan fingerprint density at radius 2 is 2.13 bits per heavy atom. The summed E-state index contributed by atoms with van der Waals surface area (Å²) in [6.07, 6.45) is 5.87. The summed E-state index contributed by atoms with van der Waals surface area (Å²) in [5, 5.41) is 4.76. The molecule has 0 aliphatic heterocycles. The second-order valence-electron chi connectivity index (χ2n) is 9.71. The number of amides is 1. The summed E-state index contributed by atoms with van der Waals surface area (Å²) in [5.41, 5.74) is 5.19. The van der Waals surface area contributed by atoms with Crippen LogP contribution in [0.15, 0.2) is 63.2 Å². The van der Waals surface area contributed by atoms with E-state index < -0.39 is 11.9 Å². The number of halogens is 1. The molecule has 0 spiro atoms. The zero-order valence-corrected chi connectivity index (χ0v) is 24.3. The van der Waals surface area contributed by atoms with Crippen LogP contribution in [0.5, 0.6) is 11.5 Å². The number of carbonyl (C=O) groups is 1. The fourth-order valence-corrected chi connectivity index (χ4v) is 6.61. The van der Waals surface area contributed by atoms with E-state index in [1.54, 1.807) is 31.4 Å². The summed E-state index contributed by atoms with van der Waals surface area (Å²) < 4.78 is 13.6. The molecule has 1 N–H and O–H groups in total. The Balaban J connectivity index is 1.28. The second-order valence-corrected chi connectivity index (χ2v) is 11.6. The van der Waals surface area contributed by atoms with E-state index >= 15 is 0 Å². The highest BCUT2D eigenvalue weighted by molar-refractivity contribution is 9.10. The Hall–Kier alpha value is -3.50. The molecule has 5 rings (SSSR count). The Labute approximate surface area is 238 Å². The van der Waals surface area contributed by atoms with E-state index in [1.807, 2.05) is 36.4 Å². The van der Waals surface area contributed by atoms with Gasteiger partial charge in [-0.1, -0.05) is 37.3 Å². The van der Waals surface area contributed by atoms with Crippen LogP contribution in [0.25, 0.3) is 10.2 Å². The Bertz CT molecular complexity index is 1600. The summed E-state index contributed by atoms with van der Waals surface area (Å²) in [4.78, 5) is 32.7. The van der Waals surface area contributed by atoms with E-state index in [0.717, 1.165) is 35.2 Å². The number of thiophene rings is 1. The minimum absolute atomic E-state index is 0.182. The van der Waals surface area contributed by atoms with Gasteiger partial charge < -0.3 is 9.47 Å². The fraction of sp³-hybridized carbons (Fsp3) is 0.310. The van der Waals surface area contributed by atoms with Crippen molar-refractivity contribution in [1.82, 2.24) is 15.0 Å². The molecule has 2 aromatic heterocycles. The maximum Gasteiger partial charge on any atom is 0.263 e. The van der Waals surface area contributed by atoms with Crippen LogP contribution in [0.2, 0.25) is 0 Å². The normalized spacial score (nSPS) is 15.7. The zero-order chi connectivity index (χ0) is 27.5. The summed E-state index contributed by atoms with van der Waals surface area (Å²) in [6.45, 7) is 4.29. The highest BCUT2D eigenvalue weighted by Crippen LogP contribution is 2.37. The standard InChI is InChI=1S/C29H29BrN4O4S/c1-17-9-10-21-24(11-17)39-28-25(21)29(36)34(16-31-28)18(2)27(35)33-32-14-20-12-22(30)26(23(13-20)37-3)38-15-19-7-5-4-6-8-19/h4-8,12-14,16-18H,9-11,15H2,1-3H3,(H,33,35)/b32-14+. The molecule has 0 saturated heterocycles. The summed E-state index contributed by atoms with van der Waals surface area (Å²) in [5.74, 6) is 1.29. The molecular weight excluding hydrogens is 580 g/mol. The van der Waals surface area contributed by atoms with Gasteiger partial charge in [0.15, 0.2) is 11.5 Å². The van der Waals surface area contributed by atoms with Crippen molar-refractivity contribution in [2.24, 2.45) is 11.0 Å². The lowest BCUT2D eigenvalue weighted by atomic mass is 9.89. The first-order chi connectivity index (χ1) is 18.9. The van der Waals surface area contributed by atoms with Crippen LogP contribution in [-0.4, -0.2) is 28.8 Å². The number of carbonyl (C=O) groups excluding carboxylic acids is 1. The number of aromatic nitrogens is 2. The van der Waals surface area contributed by atoms with Gasteiger partial charge in [-0.3, -0.25) is 14.2 Å². The van der Waals surface area contributed by atoms with Crippen molar-refractivity contribution in [1.29, 1.82) is 0 Å². The average Bonchev–Trinajstić information content (AvgIpc) is 3.30. The number of aryl methyl sites for hydroxylation is 1. The number of nitrogens with one attached hydrogen (secondary N) is 1. The van der Waals surface area contributed by atoms with E-state index in [2.05, 4.69) is 38.4 Å². The first-order valence-corrected chi connectivity index (χ1v) is 14.3. The van der Waals surface area contributed by atoms with Crippen LogP contribution in [0.4, 0.5) is 0 Å². The molecule has 1 aliphatic carbocycles. The molecule has 4 aromatic rings. The molecule has 39 heavy (non-hydrogen) atoms.